The van der Waals surface area contributed by atoms with E-state index in [4.69, 9.17) is 5.73 Å². The number of nitrogens with two attached hydrogens (primary N) is 1. The van der Waals surface area contributed by atoms with Crippen molar-refractivity contribution in [2.75, 3.05) is 36.8 Å². The van der Waals surface area contributed by atoms with Gasteiger partial charge in [-0.25, -0.2) is 0 Å². The van der Waals surface area contributed by atoms with Crippen molar-refractivity contribution in [1.29, 1.82) is 0 Å². The standard InChI is InChI=1S/C15H23N3O2/c16-11-1-3-12(4-2-11)17-7-5-13(6-8-17)18-9-14(19)15(20)10-18/h1-4,13-15,19-20H,5-10,16H2. The quantitative estimate of drug-likeness (QED) is 0.677. The van der Waals surface area contributed by atoms with Crippen LogP contribution in [0.5, 0.6) is 0 Å². The van der Waals surface area contributed by atoms with Gasteiger partial charge in [-0.05, 0) is 37.1 Å². The highest BCUT2D eigenvalue weighted by Crippen LogP contribution is 2.25. The summed E-state index contributed by atoms with van der Waals surface area (Å²) >= 11 is 0. The van der Waals surface area contributed by atoms with Crippen LogP contribution in [-0.2, 0) is 0 Å². The van der Waals surface area contributed by atoms with E-state index in [-0.39, 0.29) is 0 Å². The molecule has 2 aliphatic rings. The van der Waals surface area contributed by atoms with E-state index in [1.54, 1.807) is 0 Å². The molecule has 110 valence electrons. The van der Waals surface area contributed by atoms with Crippen LogP contribution < -0.4 is 10.6 Å². The zero-order chi connectivity index (χ0) is 14.1. The Morgan fingerprint density at radius 1 is 0.950 bits per heavy atom. The lowest BCUT2D eigenvalue weighted by Crippen LogP contribution is -2.44. The normalized spacial score (nSPS) is 29.0. The highest BCUT2D eigenvalue weighted by Gasteiger charge is 2.35. The highest BCUT2D eigenvalue weighted by molar-refractivity contribution is 5.53. The first-order valence-corrected chi connectivity index (χ1v) is 7.34. The Bertz CT molecular complexity index is 433. The second-order valence-electron chi connectivity index (χ2n) is 5.90. The van der Waals surface area contributed by atoms with Gasteiger partial charge in [0.1, 0.15) is 0 Å². The molecule has 20 heavy (non-hydrogen) atoms. The third-order valence-electron chi connectivity index (χ3n) is 4.53. The van der Waals surface area contributed by atoms with Crippen LogP contribution in [-0.4, -0.2) is 59.5 Å². The molecule has 2 heterocycles. The largest absolute Gasteiger partial charge is 0.399 e. The van der Waals surface area contributed by atoms with Crippen molar-refractivity contribution >= 4 is 11.4 Å². The van der Waals surface area contributed by atoms with E-state index >= 15 is 0 Å². The molecule has 1 aromatic carbocycles. The predicted molar refractivity (Wildman–Crippen MR) is 79.7 cm³/mol. The minimum atomic E-state index is -0.579. The molecule has 2 saturated heterocycles. The number of nitrogen functional groups attached to an aromatic ring is 1. The molecule has 0 amide bonds. The molecular formula is C15H23N3O2. The van der Waals surface area contributed by atoms with Crippen molar-refractivity contribution in [2.45, 2.75) is 31.1 Å². The second kappa shape index (κ2) is 5.60. The number of aliphatic hydroxyl groups is 2. The van der Waals surface area contributed by atoms with E-state index < -0.39 is 12.2 Å². The van der Waals surface area contributed by atoms with Gasteiger partial charge < -0.3 is 20.8 Å². The monoisotopic (exact) mass is 277 g/mol. The molecule has 1 aromatic rings. The summed E-state index contributed by atoms with van der Waals surface area (Å²) in [5.41, 5.74) is 7.73. The van der Waals surface area contributed by atoms with Crippen LogP contribution >= 0.6 is 0 Å². The number of β-amino-alcohol motifs (C(OH)–C–C–N with tert-alkyl or cyclic N) is 2. The maximum atomic E-state index is 9.64. The van der Waals surface area contributed by atoms with E-state index in [0.29, 0.717) is 19.1 Å². The van der Waals surface area contributed by atoms with Gasteiger partial charge in [-0.3, -0.25) is 4.90 Å². The Balaban J connectivity index is 1.56. The number of benzene rings is 1. The molecule has 0 radical (unpaired) electrons. The van der Waals surface area contributed by atoms with E-state index in [9.17, 15) is 10.2 Å². The summed E-state index contributed by atoms with van der Waals surface area (Å²) in [7, 11) is 0. The van der Waals surface area contributed by atoms with Crippen LogP contribution in [0.2, 0.25) is 0 Å². The fraction of sp³-hybridized carbons (Fsp3) is 0.600. The highest BCUT2D eigenvalue weighted by atomic mass is 16.3. The third kappa shape index (κ3) is 2.75. The number of hydrogen-bond acceptors (Lipinski definition) is 5. The Labute approximate surface area is 119 Å². The number of rotatable bonds is 2. The minimum absolute atomic E-state index is 0.479. The number of hydrogen-bond donors (Lipinski definition) is 3. The number of aliphatic hydroxyl groups excluding tert-OH is 2. The van der Waals surface area contributed by atoms with Crippen molar-refractivity contribution in [2.24, 2.45) is 0 Å². The summed E-state index contributed by atoms with van der Waals surface area (Å²) in [4.78, 5) is 4.61. The minimum Gasteiger partial charge on any atom is -0.399 e. The van der Waals surface area contributed by atoms with E-state index in [0.717, 1.165) is 31.6 Å². The van der Waals surface area contributed by atoms with Gasteiger partial charge in [0.25, 0.3) is 0 Å². The van der Waals surface area contributed by atoms with Crippen molar-refractivity contribution in [3.8, 4) is 0 Å². The molecule has 2 unspecified atom stereocenters. The van der Waals surface area contributed by atoms with Gasteiger partial charge in [-0.1, -0.05) is 0 Å². The van der Waals surface area contributed by atoms with Gasteiger partial charge in [0.15, 0.2) is 0 Å². The van der Waals surface area contributed by atoms with Crippen LogP contribution in [0.25, 0.3) is 0 Å². The number of nitrogens with zero attached hydrogens (tertiary/aromatic N) is 2. The molecule has 0 saturated carbocycles. The predicted octanol–water partition coefficient (Wildman–Crippen LogP) is 0.275. The molecule has 0 spiro atoms. The van der Waals surface area contributed by atoms with Crippen molar-refractivity contribution in [3.63, 3.8) is 0 Å². The Kier molecular flexibility index (Phi) is 3.83. The summed E-state index contributed by atoms with van der Waals surface area (Å²) in [5, 5.41) is 19.3. The average Bonchev–Trinajstić information content (AvgIpc) is 2.80. The number of anilines is 2. The lowest BCUT2D eigenvalue weighted by Gasteiger charge is -2.37. The fourth-order valence-corrected chi connectivity index (χ4v) is 3.27. The van der Waals surface area contributed by atoms with Gasteiger partial charge in [0, 0.05) is 43.6 Å². The van der Waals surface area contributed by atoms with Gasteiger partial charge in [-0.15, -0.1) is 0 Å². The molecule has 0 aromatic heterocycles. The maximum Gasteiger partial charge on any atom is 0.0938 e. The van der Waals surface area contributed by atoms with Crippen LogP contribution in [0, 0.1) is 0 Å². The lowest BCUT2D eigenvalue weighted by molar-refractivity contribution is 0.0572. The molecule has 3 rings (SSSR count). The van der Waals surface area contributed by atoms with Gasteiger partial charge >= 0.3 is 0 Å². The molecule has 4 N–H and O–H groups in total. The Morgan fingerprint density at radius 2 is 1.50 bits per heavy atom. The van der Waals surface area contributed by atoms with E-state index in [1.807, 2.05) is 12.1 Å². The summed E-state index contributed by atoms with van der Waals surface area (Å²) in [5.74, 6) is 0. The van der Waals surface area contributed by atoms with Crippen molar-refractivity contribution < 1.29 is 10.2 Å². The molecule has 5 nitrogen and oxygen atoms in total. The number of likely N-dealkylation sites (tertiary alicyclic amines) is 1. The van der Waals surface area contributed by atoms with E-state index in [1.165, 1.54) is 5.69 Å². The summed E-state index contributed by atoms with van der Waals surface area (Å²) in [6.07, 6.45) is 0.989. The third-order valence-corrected chi connectivity index (χ3v) is 4.53. The van der Waals surface area contributed by atoms with Crippen LogP contribution in [0.3, 0.4) is 0 Å². The zero-order valence-electron chi connectivity index (χ0n) is 11.7. The Morgan fingerprint density at radius 3 is 2.05 bits per heavy atom. The first kappa shape index (κ1) is 13.7. The van der Waals surface area contributed by atoms with Crippen molar-refractivity contribution in [3.05, 3.63) is 24.3 Å². The maximum absolute atomic E-state index is 9.64. The zero-order valence-corrected chi connectivity index (χ0v) is 11.7. The lowest BCUT2D eigenvalue weighted by atomic mass is 10.0. The number of piperidine rings is 1. The molecule has 0 bridgehead atoms. The van der Waals surface area contributed by atoms with Crippen molar-refractivity contribution in [1.82, 2.24) is 4.90 Å². The molecule has 2 aliphatic heterocycles. The van der Waals surface area contributed by atoms with Crippen LogP contribution in [0.4, 0.5) is 11.4 Å². The Hall–Kier alpha value is -1.30. The van der Waals surface area contributed by atoms with Crippen LogP contribution in [0.15, 0.2) is 24.3 Å². The second-order valence-corrected chi connectivity index (χ2v) is 5.90. The summed E-state index contributed by atoms with van der Waals surface area (Å²) in [6.45, 7) is 3.23. The molecule has 2 atom stereocenters. The SMILES string of the molecule is Nc1ccc(N2CCC(N3CC(O)C(O)C3)CC2)cc1. The molecule has 2 fully saturated rings. The first-order valence-electron chi connectivity index (χ1n) is 7.34. The first-order chi connectivity index (χ1) is 9.63. The smallest absolute Gasteiger partial charge is 0.0938 e. The summed E-state index contributed by atoms with van der Waals surface area (Å²) in [6, 6.07) is 8.49. The van der Waals surface area contributed by atoms with Gasteiger partial charge in [0.05, 0.1) is 12.2 Å². The molecule has 0 aliphatic carbocycles. The fourth-order valence-electron chi connectivity index (χ4n) is 3.27. The van der Waals surface area contributed by atoms with Gasteiger partial charge in [0.2, 0.25) is 0 Å². The molecule has 5 heteroatoms. The topological polar surface area (TPSA) is 73.0 Å². The molecular weight excluding hydrogens is 254 g/mol. The van der Waals surface area contributed by atoms with E-state index in [2.05, 4.69) is 21.9 Å². The van der Waals surface area contributed by atoms with Gasteiger partial charge in [-0.2, -0.15) is 0 Å². The average molecular weight is 277 g/mol. The summed E-state index contributed by atoms with van der Waals surface area (Å²) < 4.78 is 0. The van der Waals surface area contributed by atoms with Crippen LogP contribution in [0.1, 0.15) is 12.8 Å².